The predicted molar refractivity (Wildman–Crippen MR) is 100 cm³/mol. The molecule has 0 saturated heterocycles. The second-order valence-corrected chi connectivity index (χ2v) is 6.82. The summed E-state index contributed by atoms with van der Waals surface area (Å²) in [6.07, 6.45) is 3.55. The number of benzene rings is 1. The molecule has 2 heterocycles. The molecule has 4 nitrogen and oxygen atoms in total. The molecule has 1 aromatic carbocycles. The third-order valence-electron chi connectivity index (χ3n) is 4.01. The number of ether oxygens (including phenoxy) is 1. The molecule has 126 valence electrons. The van der Waals surface area contributed by atoms with Crippen LogP contribution < -0.4 is 10.2 Å². The summed E-state index contributed by atoms with van der Waals surface area (Å²) in [5.41, 5.74) is 1.97. The summed E-state index contributed by atoms with van der Waals surface area (Å²) < 4.78 is 8.02. The van der Waals surface area contributed by atoms with Crippen molar-refractivity contribution in [1.82, 2.24) is 4.57 Å². The van der Waals surface area contributed by atoms with Crippen molar-refractivity contribution in [2.45, 2.75) is 32.9 Å². The average molecular weight is 342 g/mol. The molecular formula is C19H22N2O2S. The zero-order valence-electron chi connectivity index (χ0n) is 13.9. The van der Waals surface area contributed by atoms with Crippen LogP contribution in [0.2, 0.25) is 0 Å². The average Bonchev–Trinajstić information content (AvgIpc) is 3.13. The van der Waals surface area contributed by atoms with E-state index in [0.29, 0.717) is 12.4 Å². The summed E-state index contributed by atoms with van der Waals surface area (Å²) in [6.45, 7) is 4.23. The van der Waals surface area contributed by atoms with Gasteiger partial charge in [-0.25, -0.2) is 0 Å². The Morgan fingerprint density at radius 3 is 2.79 bits per heavy atom. The number of aryl methyl sites for hydroxylation is 1. The van der Waals surface area contributed by atoms with Gasteiger partial charge in [0.1, 0.15) is 6.61 Å². The number of aliphatic imine (C=N–C) groups is 1. The first kappa shape index (κ1) is 16.8. The van der Waals surface area contributed by atoms with E-state index in [1.807, 2.05) is 48.3 Å². The minimum Gasteiger partial charge on any atom is -0.483 e. The molecule has 0 atom stereocenters. The summed E-state index contributed by atoms with van der Waals surface area (Å²) in [5, 5.41) is 1.21. The lowest BCUT2D eigenvalue weighted by atomic mass is 10.2. The van der Waals surface area contributed by atoms with Gasteiger partial charge in [0.25, 0.3) is 0 Å². The van der Waals surface area contributed by atoms with Crippen molar-refractivity contribution in [1.29, 1.82) is 0 Å². The zero-order valence-corrected chi connectivity index (χ0v) is 14.7. The molecule has 1 aliphatic rings. The van der Waals surface area contributed by atoms with Gasteiger partial charge in [-0.3, -0.25) is 9.79 Å². The number of hydrogen-bond donors (Lipinski definition) is 0. The minimum atomic E-state index is -0.0494. The molecule has 0 bridgehead atoms. The molecule has 0 N–H and O–H groups in total. The molecule has 1 aromatic heterocycles. The first-order chi connectivity index (χ1) is 11.8. The zero-order chi connectivity index (χ0) is 16.8. The lowest BCUT2D eigenvalue weighted by Gasteiger charge is -2.16. The van der Waals surface area contributed by atoms with E-state index in [0.717, 1.165) is 42.9 Å². The molecule has 0 fully saturated rings. The second-order valence-electron chi connectivity index (χ2n) is 5.65. The van der Waals surface area contributed by atoms with Gasteiger partial charge >= 0.3 is 0 Å². The van der Waals surface area contributed by atoms with Gasteiger partial charge in [-0.15, -0.1) is 11.8 Å². The fourth-order valence-electron chi connectivity index (χ4n) is 2.80. The summed E-state index contributed by atoms with van der Waals surface area (Å²) in [5.74, 6) is 1.57. The van der Waals surface area contributed by atoms with Crippen LogP contribution in [-0.2, 0) is 19.6 Å². The Morgan fingerprint density at radius 2 is 2.08 bits per heavy atom. The molecular weight excluding hydrogens is 320 g/mol. The van der Waals surface area contributed by atoms with E-state index in [1.165, 1.54) is 5.04 Å². The molecule has 24 heavy (non-hydrogen) atoms. The van der Waals surface area contributed by atoms with E-state index in [-0.39, 0.29) is 5.43 Å². The number of hydrogen-bond acceptors (Lipinski definition) is 4. The van der Waals surface area contributed by atoms with Crippen molar-refractivity contribution in [3.8, 4) is 5.75 Å². The molecule has 5 heteroatoms. The number of nitrogens with zero attached hydrogens (tertiary/aromatic N) is 2. The van der Waals surface area contributed by atoms with Crippen LogP contribution in [-0.4, -0.2) is 21.9 Å². The van der Waals surface area contributed by atoms with Crippen molar-refractivity contribution >= 4 is 16.8 Å². The SMILES string of the molecule is CCc1c(OCc2ccccc2)c(=O)ccn1CCC1=NCCS1. The van der Waals surface area contributed by atoms with Gasteiger partial charge in [0.2, 0.25) is 5.43 Å². The third-order valence-corrected chi connectivity index (χ3v) is 5.07. The maximum absolute atomic E-state index is 12.3. The Kier molecular flexibility index (Phi) is 5.75. The fraction of sp³-hybridized carbons (Fsp3) is 0.368. The first-order valence-electron chi connectivity index (χ1n) is 8.33. The van der Waals surface area contributed by atoms with Crippen LogP contribution in [0.1, 0.15) is 24.6 Å². The molecule has 1 aliphatic heterocycles. The Bertz CT molecular complexity index is 769. The van der Waals surface area contributed by atoms with Gasteiger partial charge in [0, 0.05) is 37.5 Å². The van der Waals surface area contributed by atoms with E-state index >= 15 is 0 Å². The van der Waals surface area contributed by atoms with Gasteiger partial charge in [0.05, 0.1) is 10.7 Å². The minimum absolute atomic E-state index is 0.0494. The standard InChI is InChI=1S/C19H22N2O2S/c1-2-16-19(23-14-15-6-4-3-5-7-15)17(22)8-11-21(16)12-9-18-20-10-13-24-18/h3-8,11H,2,9-10,12-14H2,1H3. The van der Waals surface area contributed by atoms with Crippen molar-refractivity contribution in [2.75, 3.05) is 12.3 Å². The summed E-state index contributed by atoms with van der Waals surface area (Å²) in [6, 6.07) is 11.5. The van der Waals surface area contributed by atoms with Gasteiger partial charge in [-0.2, -0.15) is 0 Å². The topological polar surface area (TPSA) is 43.6 Å². The monoisotopic (exact) mass is 342 g/mol. The lowest BCUT2D eigenvalue weighted by molar-refractivity contribution is 0.295. The maximum atomic E-state index is 12.3. The predicted octanol–water partition coefficient (Wildman–Crippen LogP) is 3.53. The van der Waals surface area contributed by atoms with Crippen molar-refractivity contribution in [3.63, 3.8) is 0 Å². The van der Waals surface area contributed by atoms with Gasteiger partial charge in [-0.05, 0) is 12.0 Å². The van der Waals surface area contributed by atoms with E-state index in [4.69, 9.17) is 4.74 Å². The highest BCUT2D eigenvalue weighted by Crippen LogP contribution is 2.19. The highest BCUT2D eigenvalue weighted by Gasteiger charge is 2.13. The highest BCUT2D eigenvalue weighted by atomic mass is 32.2. The van der Waals surface area contributed by atoms with Crippen molar-refractivity contribution in [2.24, 2.45) is 4.99 Å². The quantitative estimate of drug-likeness (QED) is 0.773. The van der Waals surface area contributed by atoms with Crippen LogP contribution in [0.15, 0.2) is 52.4 Å². The Hall–Kier alpha value is -2.01. The van der Waals surface area contributed by atoms with Crippen LogP contribution in [0.5, 0.6) is 5.75 Å². The fourth-order valence-corrected chi connectivity index (χ4v) is 3.64. The molecule has 0 aliphatic carbocycles. The summed E-state index contributed by atoms with van der Waals surface area (Å²) in [7, 11) is 0. The van der Waals surface area contributed by atoms with Gasteiger partial charge in [0.15, 0.2) is 5.75 Å². The molecule has 0 radical (unpaired) electrons. The van der Waals surface area contributed by atoms with Crippen LogP contribution in [0.4, 0.5) is 0 Å². The molecule has 0 saturated carbocycles. The molecule has 0 spiro atoms. The van der Waals surface area contributed by atoms with E-state index in [9.17, 15) is 4.79 Å². The normalized spacial score (nSPS) is 13.8. The van der Waals surface area contributed by atoms with Crippen molar-refractivity contribution in [3.05, 3.63) is 64.1 Å². The molecule has 3 rings (SSSR count). The second kappa shape index (κ2) is 8.20. The molecule has 0 amide bonds. The third kappa shape index (κ3) is 4.09. The van der Waals surface area contributed by atoms with E-state index < -0.39 is 0 Å². The van der Waals surface area contributed by atoms with Gasteiger partial charge in [-0.1, -0.05) is 37.3 Å². The largest absolute Gasteiger partial charge is 0.483 e. The maximum Gasteiger partial charge on any atom is 0.223 e. The van der Waals surface area contributed by atoms with E-state index in [1.54, 1.807) is 6.07 Å². The van der Waals surface area contributed by atoms with Crippen LogP contribution in [0.3, 0.4) is 0 Å². The lowest BCUT2D eigenvalue weighted by Crippen LogP contribution is -2.17. The molecule has 0 unspecified atom stereocenters. The van der Waals surface area contributed by atoms with Crippen LogP contribution in [0.25, 0.3) is 0 Å². The number of rotatable bonds is 7. The smallest absolute Gasteiger partial charge is 0.223 e. The number of pyridine rings is 1. The van der Waals surface area contributed by atoms with Crippen LogP contribution in [0, 0.1) is 0 Å². The van der Waals surface area contributed by atoms with Gasteiger partial charge < -0.3 is 9.30 Å². The Balaban J connectivity index is 1.76. The number of thioether (sulfide) groups is 1. The summed E-state index contributed by atoms with van der Waals surface area (Å²) >= 11 is 1.83. The Morgan fingerprint density at radius 1 is 1.25 bits per heavy atom. The summed E-state index contributed by atoms with van der Waals surface area (Å²) in [4.78, 5) is 16.8. The van der Waals surface area contributed by atoms with Crippen LogP contribution >= 0.6 is 11.8 Å². The Labute approximate surface area is 146 Å². The van der Waals surface area contributed by atoms with Crippen molar-refractivity contribution < 1.29 is 4.74 Å². The molecule has 2 aromatic rings. The highest BCUT2D eigenvalue weighted by molar-refractivity contribution is 8.14. The first-order valence-corrected chi connectivity index (χ1v) is 9.31. The number of aromatic nitrogens is 1. The van der Waals surface area contributed by atoms with E-state index in [2.05, 4.69) is 16.5 Å².